The van der Waals surface area contributed by atoms with Crippen LogP contribution in [0.2, 0.25) is 0 Å². The van der Waals surface area contributed by atoms with Crippen molar-refractivity contribution in [1.82, 2.24) is 28.6 Å². The minimum absolute atomic E-state index is 0.150. The number of rotatable bonds is 8. The van der Waals surface area contributed by atoms with Gasteiger partial charge in [-0.3, -0.25) is 4.98 Å². The highest BCUT2D eigenvalue weighted by Gasteiger charge is 2.29. The molecule has 0 saturated carbocycles. The third kappa shape index (κ3) is 4.47. The Hall–Kier alpha value is -2.76. The van der Waals surface area contributed by atoms with E-state index in [2.05, 4.69) is 21.8 Å². The molecule has 0 aliphatic carbocycles. The molecule has 4 rings (SSSR count). The van der Waals surface area contributed by atoms with Gasteiger partial charge in [0.15, 0.2) is 5.65 Å². The van der Waals surface area contributed by atoms with Crippen LogP contribution < -0.4 is 10.4 Å². The molecule has 11 heteroatoms. The number of likely N-dealkylation sites (N-methyl/N-ethyl adjacent to an activating group) is 1. The molecule has 2 aromatic heterocycles. The van der Waals surface area contributed by atoms with Gasteiger partial charge in [-0.05, 0) is 45.0 Å². The van der Waals surface area contributed by atoms with E-state index in [1.165, 1.54) is 8.71 Å². The summed E-state index contributed by atoms with van der Waals surface area (Å²) in [6.07, 6.45) is 1.54. The molecule has 184 valence electrons. The summed E-state index contributed by atoms with van der Waals surface area (Å²) >= 11 is 0. The Balaban J connectivity index is 1.82. The van der Waals surface area contributed by atoms with E-state index >= 15 is 0 Å². The molecule has 1 saturated heterocycles. The van der Waals surface area contributed by atoms with Crippen LogP contribution in [-0.2, 0) is 16.4 Å². The van der Waals surface area contributed by atoms with Crippen LogP contribution in [0.1, 0.15) is 38.7 Å². The molecular weight excluding hydrogens is 456 g/mol. The zero-order valence-electron chi connectivity index (χ0n) is 20.2. The Morgan fingerprint density at radius 3 is 2.47 bits per heavy atom. The van der Waals surface area contributed by atoms with E-state index in [0.29, 0.717) is 62.0 Å². The van der Waals surface area contributed by atoms with Crippen LogP contribution in [0.4, 0.5) is 0 Å². The number of H-pyrrole nitrogens is 1. The van der Waals surface area contributed by atoms with Crippen molar-refractivity contribution in [2.75, 3.05) is 39.3 Å². The van der Waals surface area contributed by atoms with E-state index in [1.807, 2.05) is 13.8 Å². The summed E-state index contributed by atoms with van der Waals surface area (Å²) in [5.74, 6) is 1.27. The predicted octanol–water partition coefficient (Wildman–Crippen LogP) is 2.07. The minimum atomic E-state index is -3.71. The summed E-state index contributed by atoms with van der Waals surface area (Å²) in [4.78, 5) is 27.3. The summed E-state index contributed by atoms with van der Waals surface area (Å²) in [5, 5.41) is 0. The smallest absolute Gasteiger partial charge is 0.334 e. The maximum Gasteiger partial charge on any atom is 0.334 e. The first-order chi connectivity index (χ1) is 16.3. The molecule has 0 unspecified atom stereocenters. The van der Waals surface area contributed by atoms with E-state index in [0.717, 1.165) is 18.7 Å². The predicted molar refractivity (Wildman–Crippen MR) is 130 cm³/mol. The lowest BCUT2D eigenvalue weighted by atomic mass is 10.2. The highest BCUT2D eigenvalue weighted by atomic mass is 32.2. The van der Waals surface area contributed by atoms with Crippen molar-refractivity contribution in [2.45, 2.75) is 45.4 Å². The highest BCUT2D eigenvalue weighted by Crippen LogP contribution is 2.32. The van der Waals surface area contributed by atoms with Crippen molar-refractivity contribution < 1.29 is 13.2 Å². The number of hydrogen-bond acceptors (Lipinski definition) is 7. The third-order valence-electron chi connectivity index (χ3n) is 6.15. The van der Waals surface area contributed by atoms with Crippen LogP contribution in [0.15, 0.2) is 27.9 Å². The van der Waals surface area contributed by atoms with Crippen LogP contribution in [0.5, 0.6) is 5.75 Å². The van der Waals surface area contributed by atoms with E-state index in [9.17, 15) is 13.2 Å². The second-order valence-corrected chi connectivity index (χ2v) is 10.3. The molecule has 0 atom stereocenters. The molecule has 1 fully saturated rings. The van der Waals surface area contributed by atoms with Crippen molar-refractivity contribution in [3.05, 3.63) is 40.2 Å². The maximum atomic E-state index is 13.4. The maximum absolute atomic E-state index is 13.4. The van der Waals surface area contributed by atoms with Gasteiger partial charge in [0, 0.05) is 26.2 Å². The molecule has 0 bridgehead atoms. The quantitative estimate of drug-likeness (QED) is 0.516. The number of fused-ring (bicyclic) bond motifs is 1. The largest absolute Gasteiger partial charge is 0.493 e. The number of imidazole rings is 1. The SMILES string of the molecule is CCCc1nc(C)n2c(=O)[nH]c(-c3cc(S(=O)(=O)N4CCN(CC)CC4)ccc3OCC)nc12. The van der Waals surface area contributed by atoms with Crippen molar-refractivity contribution >= 4 is 15.7 Å². The van der Waals surface area contributed by atoms with Crippen LogP contribution in [0.25, 0.3) is 17.0 Å². The topological polar surface area (TPSA) is 113 Å². The molecule has 0 spiro atoms. The molecular formula is C23H32N6O4S. The van der Waals surface area contributed by atoms with E-state index < -0.39 is 10.0 Å². The summed E-state index contributed by atoms with van der Waals surface area (Å²) in [6.45, 7) is 11.3. The number of nitrogens with one attached hydrogen (secondary N) is 1. The first-order valence-electron chi connectivity index (χ1n) is 11.8. The van der Waals surface area contributed by atoms with Gasteiger partial charge in [-0.15, -0.1) is 0 Å². The standard InChI is InChI=1S/C23H32N6O4S/c1-5-8-19-22-25-21(26-23(30)29(22)16(4)24-19)18-15-17(9-10-20(18)33-7-3)34(31,32)28-13-11-27(6-2)12-14-28/h9-10,15H,5-8,11-14H2,1-4H3,(H,25,26,30). The molecule has 34 heavy (non-hydrogen) atoms. The number of hydrogen-bond donors (Lipinski definition) is 1. The lowest BCUT2D eigenvalue weighted by molar-refractivity contribution is 0.196. The van der Waals surface area contributed by atoms with Crippen molar-refractivity contribution in [3.63, 3.8) is 0 Å². The second-order valence-electron chi connectivity index (χ2n) is 8.33. The molecule has 1 aromatic carbocycles. The first kappa shape index (κ1) is 24.4. The van der Waals surface area contributed by atoms with Gasteiger partial charge in [-0.1, -0.05) is 20.3 Å². The molecule has 1 N–H and O–H groups in total. The summed E-state index contributed by atoms with van der Waals surface area (Å²) < 4.78 is 35.6. The van der Waals surface area contributed by atoms with Gasteiger partial charge in [0.2, 0.25) is 10.0 Å². The molecule has 10 nitrogen and oxygen atoms in total. The van der Waals surface area contributed by atoms with Gasteiger partial charge in [-0.2, -0.15) is 4.31 Å². The van der Waals surface area contributed by atoms with Crippen LogP contribution in [0, 0.1) is 6.92 Å². The van der Waals surface area contributed by atoms with Crippen molar-refractivity contribution in [2.24, 2.45) is 0 Å². The highest BCUT2D eigenvalue weighted by molar-refractivity contribution is 7.89. The van der Waals surface area contributed by atoms with E-state index in [4.69, 9.17) is 9.72 Å². The second kappa shape index (κ2) is 9.85. The monoisotopic (exact) mass is 488 g/mol. The lowest BCUT2D eigenvalue weighted by Crippen LogP contribution is -2.48. The number of benzene rings is 1. The number of sulfonamides is 1. The van der Waals surface area contributed by atoms with Crippen LogP contribution >= 0.6 is 0 Å². The number of ether oxygens (including phenoxy) is 1. The zero-order valence-corrected chi connectivity index (χ0v) is 21.0. The Morgan fingerprint density at radius 1 is 1.09 bits per heavy atom. The fraction of sp³-hybridized carbons (Fsp3) is 0.522. The fourth-order valence-corrected chi connectivity index (χ4v) is 5.78. The van der Waals surface area contributed by atoms with Crippen LogP contribution in [-0.4, -0.2) is 76.3 Å². The zero-order chi connectivity index (χ0) is 24.5. The number of nitrogens with zero attached hydrogens (tertiary/aromatic N) is 5. The number of aryl methyl sites for hydroxylation is 2. The average Bonchev–Trinajstić information content (AvgIpc) is 3.15. The first-order valence-corrected chi connectivity index (χ1v) is 13.2. The van der Waals surface area contributed by atoms with Crippen molar-refractivity contribution in [1.29, 1.82) is 0 Å². The number of aromatic nitrogens is 4. The van der Waals surface area contributed by atoms with Gasteiger partial charge >= 0.3 is 5.69 Å². The summed E-state index contributed by atoms with van der Waals surface area (Å²) in [5.41, 5.74) is 1.27. The average molecular weight is 489 g/mol. The lowest BCUT2D eigenvalue weighted by Gasteiger charge is -2.33. The third-order valence-corrected chi connectivity index (χ3v) is 8.04. The Kier molecular flexibility index (Phi) is 7.06. The minimum Gasteiger partial charge on any atom is -0.493 e. The van der Waals surface area contributed by atoms with E-state index in [-0.39, 0.29) is 16.4 Å². The Morgan fingerprint density at radius 2 is 1.82 bits per heavy atom. The van der Waals surface area contributed by atoms with Gasteiger partial charge in [0.05, 0.1) is 22.8 Å². The molecule has 3 aromatic rings. The van der Waals surface area contributed by atoms with Gasteiger partial charge in [-0.25, -0.2) is 27.6 Å². The molecule has 1 aliphatic heterocycles. The van der Waals surface area contributed by atoms with E-state index in [1.54, 1.807) is 25.1 Å². The Labute approximate surface area is 199 Å². The van der Waals surface area contributed by atoms with Gasteiger partial charge in [0.25, 0.3) is 0 Å². The molecule has 0 amide bonds. The number of aromatic amines is 1. The number of piperazine rings is 1. The molecule has 3 heterocycles. The molecule has 0 radical (unpaired) electrons. The summed E-state index contributed by atoms with van der Waals surface area (Å²) in [6, 6.07) is 4.73. The summed E-state index contributed by atoms with van der Waals surface area (Å²) in [7, 11) is -3.71. The van der Waals surface area contributed by atoms with Crippen LogP contribution in [0.3, 0.4) is 0 Å². The van der Waals surface area contributed by atoms with Crippen molar-refractivity contribution in [3.8, 4) is 17.1 Å². The van der Waals surface area contributed by atoms with Gasteiger partial charge < -0.3 is 9.64 Å². The normalized spacial score (nSPS) is 15.8. The fourth-order valence-electron chi connectivity index (χ4n) is 4.33. The molecule has 1 aliphatic rings. The van der Waals surface area contributed by atoms with Gasteiger partial charge in [0.1, 0.15) is 17.4 Å². The Bertz CT molecular complexity index is 1340.